The molecule has 0 heterocycles. The van der Waals surface area contributed by atoms with Crippen molar-refractivity contribution in [1.29, 1.82) is 0 Å². The summed E-state index contributed by atoms with van der Waals surface area (Å²) >= 11 is 0. The number of carbonyl (C=O) groups excluding carboxylic acids is 1. The van der Waals surface area contributed by atoms with Gasteiger partial charge >= 0.3 is 0 Å². The second kappa shape index (κ2) is 5.78. The van der Waals surface area contributed by atoms with Crippen molar-refractivity contribution in [1.82, 2.24) is 5.43 Å². The Morgan fingerprint density at radius 2 is 1.80 bits per heavy atom. The summed E-state index contributed by atoms with van der Waals surface area (Å²) in [5, 5.41) is 4.49. The lowest BCUT2D eigenvalue weighted by Gasteiger charge is -2.35. The first kappa shape index (κ1) is 13.3. The van der Waals surface area contributed by atoms with E-state index in [0.717, 1.165) is 5.56 Å². The predicted octanol–water partition coefficient (Wildman–Crippen LogP) is 3.68. The zero-order valence-corrected chi connectivity index (χ0v) is 12.1. The molecule has 0 bridgehead atoms. The number of benzene rings is 1. The second-order valence-corrected chi connectivity index (χ2v) is 6.10. The third-order valence-corrected chi connectivity index (χ3v) is 4.61. The smallest absolute Gasteiger partial charge is 0.267 e. The minimum atomic E-state index is -0.0927. The first-order chi connectivity index (χ1) is 9.74. The number of hydrogen-bond acceptors (Lipinski definition) is 2. The predicted molar refractivity (Wildman–Crippen MR) is 80.8 cm³/mol. The lowest BCUT2D eigenvalue weighted by atomic mass is 9.71. The summed E-state index contributed by atoms with van der Waals surface area (Å²) in [5.41, 5.74) is 5.81. The largest absolute Gasteiger partial charge is 0.271 e. The van der Waals surface area contributed by atoms with Crippen molar-refractivity contribution in [3.63, 3.8) is 0 Å². The van der Waals surface area contributed by atoms with Crippen LogP contribution >= 0.6 is 0 Å². The fourth-order valence-electron chi connectivity index (χ4n) is 2.89. The maximum atomic E-state index is 12.1. The molecule has 3 nitrogen and oxygen atoms in total. The summed E-state index contributed by atoms with van der Waals surface area (Å²) in [5.74, 6) is 1.15. The Hall–Kier alpha value is -1.64. The topological polar surface area (TPSA) is 41.5 Å². The molecule has 0 aliphatic heterocycles. The third-order valence-electron chi connectivity index (χ3n) is 4.61. The van der Waals surface area contributed by atoms with Crippen LogP contribution in [0.1, 0.15) is 54.4 Å². The van der Waals surface area contributed by atoms with E-state index < -0.39 is 0 Å². The van der Waals surface area contributed by atoms with Gasteiger partial charge in [-0.25, -0.2) is 5.43 Å². The van der Waals surface area contributed by atoms with E-state index in [1.165, 1.54) is 44.2 Å². The number of nitrogens with one attached hydrogen (secondary N) is 1. The molecule has 0 radical (unpaired) electrons. The van der Waals surface area contributed by atoms with E-state index in [2.05, 4.69) is 10.5 Å². The van der Waals surface area contributed by atoms with E-state index in [-0.39, 0.29) is 5.91 Å². The molecule has 1 aromatic carbocycles. The lowest BCUT2D eigenvalue weighted by molar-refractivity contribution is 0.0953. The zero-order valence-electron chi connectivity index (χ0n) is 12.1. The van der Waals surface area contributed by atoms with Gasteiger partial charge in [0.25, 0.3) is 5.91 Å². The van der Waals surface area contributed by atoms with Crippen LogP contribution in [0.25, 0.3) is 0 Å². The molecule has 0 unspecified atom stereocenters. The van der Waals surface area contributed by atoms with E-state index in [1.807, 2.05) is 31.2 Å². The summed E-state index contributed by atoms with van der Waals surface area (Å²) in [6.07, 6.45) is 7.60. The van der Waals surface area contributed by atoms with Gasteiger partial charge in [-0.15, -0.1) is 0 Å². The minimum absolute atomic E-state index is 0.0927. The molecule has 1 amide bonds. The standard InChI is InChI=1S/C17H22N2O/c1-12-5-2-10-15(11-12)17(20)19-18-16(13-6-3-7-13)14-8-4-9-14/h2,5,10-11,13-14H,3-4,6-9H2,1H3,(H,19,20). The molecule has 3 heteroatoms. The average Bonchev–Trinajstić information content (AvgIpc) is 2.31. The molecule has 0 spiro atoms. The van der Waals surface area contributed by atoms with E-state index in [0.29, 0.717) is 17.4 Å². The van der Waals surface area contributed by atoms with Crippen molar-refractivity contribution in [2.75, 3.05) is 0 Å². The fourth-order valence-corrected chi connectivity index (χ4v) is 2.89. The molecule has 0 aromatic heterocycles. The van der Waals surface area contributed by atoms with Crippen molar-refractivity contribution < 1.29 is 4.79 Å². The van der Waals surface area contributed by atoms with Gasteiger partial charge in [0.05, 0.1) is 0 Å². The monoisotopic (exact) mass is 270 g/mol. The number of aryl methyl sites for hydroxylation is 1. The minimum Gasteiger partial charge on any atom is -0.267 e. The van der Waals surface area contributed by atoms with Gasteiger partial charge < -0.3 is 0 Å². The van der Waals surface area contributed by atoms with E-state index in [4.69, 9.17) is 0 Å². The molecule has 20 heavy (non-hydrogen) atoms. The van der Waals surface area contributed by atoms with Gasteiger partial charge in [-0.3, -0.25) is 4.79 Å². The van der Waals surface area contributed by atoms with Gasteiger partial charge in [0.2, 0.25) is 0 Å². The highest BCUT2D eigenvalue weighted by atomic mass is 16.2. The number of amides is 1. The van der Waals surface area contributed by atoms with Gasteiger partial charge in [0.1, 0.15) is 0 Å². The summed E-state index contributed by atoms with van der Waals surface area (Å²) in [6.45, 7) is 1.99. The highest BCUT2D eigenvalue weighted by Gasteiger charge is 2.32. The van der Waals surface area contributed by atoms with Gasteiger partial charge in [-0.05, 0) is 56.6 Å². The van der Waals surface area contributed by atoms with Crippen LogP contribution in [0.3, 0.4) is 0 Å². The second-order valence-electron chi connectivity index (χ2n) is 6.10. The van der Waals surface area contributed by atoms with Crippen molar-refractivity contribution in [2.45, 2.75) is 45.4 Å². The zero-order chi connectivity index (χ0) is 13.9. The van der Waals surface area contributed by atoms with Crippen LogP contribution in [0, 0.1) is 18.8 Å². The number of hydrazone groups is 1. The lowest BCUT2D eigenvalue weighted by Crippen LogP contribution is -2.35. The van der Waals surface area contributed by atoms with Crippen LogP contribution in [0.5, 0.6) is 0 Å². The SMILES string of the molecule is Cc1cccc(C(=O)NN=C(C2CCC2)C2CCC2)c1. The maximum absolute atomic E-state index is 12.1. The molecule has 2 aliphatic carbocycles. The Bertz CT molecular complexity index is 512. The summed E-state index contributed by atoms with van der Waals surface area (Å²) < 4.78 is 0. The number of nitrogens with zero attached hydrogens (tertiary/aromatic N) is 1. The Balaban J connectivity index is 1.68. The molecule has 2 fully saturated rings. The van der Waals surface area contributed by atoms with Crippen LogP contribution < -0.4 is 5.43 Å². The Morgan fingerprint density at radius 3 is 2.30 bits per heavy atom. The van der Waals surface area contributed by atoms with Crippen molar-refractivity contribution >= 4 is 11.6 Å². The molecule has 1 N–H and O–H groups in total. The van der Waals surface area contributed by atoms with Crippen LogP contribution in [-0.2, 0) is 0 Å². The molecule has 2 saturated carbocycles. The van der Waals surface area contributed by atoms with Crippen LogP contribution in [0.4, 0.5) is 0 Å². The molecule has 3 rings (SSSR count). The highest BCUT2D eigenvalue weighted by Crippen LogP contribution is 2.37. The molecule has 2 aliphatic rings. The Labute approximate surface area is 120 Å². The molecule has 0 atom stereocenters. The van der Waals surface area contributed by atoms with Gasteiger partial charge in [-0.2, -0.15) is 5.10 Å². The van der Waals surface area contributed by atoms with E-state index in [1.54, 1.807) is 0 Å². The van der Waals surface area contributed by atoms with Crippen LogP contribution in [-0.4, -0.2) is 11.6 Å². The van der Waals surface area contributed by atoms with Crippen molar-refractivity contribution in [2.24, 2.45) is 16.9 Å². The van der Waals surface area contributed by atoms with Gasteiger partial charge in [0, 0.05) is 11.3 Å². The van der Waals surface area contributed by atoms with Crippen molar-refractivity contribution in [3.8, 4) is 0 Å². The summed E-state index contributed by atoms with van der Waals surface area (Å²) in [4.78, 5) is 12.1. The normalized spacial score (nSPS) is 18.9. The first-order valence-electron chi connectivity index (χ1n) is 7.68. The molecular formula is C17H22N2O. The number of carbonyl (C=O) groups is 1. The first-order valence-corrected chi connectivity index (χ1v) is 7.68. The number of hydrogen-bond donors (Lipinski definition) is 1. The highest BCUT2D eigenvalue weighted by molar-refractivity contribution is 5.96. The molecule has 1 aromatic rings. The van der Waals surface area contributed by atoms with Crippen molar-refractivity contribution in [3.05, 3.63) is 35.4 Å². The Kier molecular flexibility index (Phi) is 3.86. The number of rotatable bonds is 4. The average molecular weight is 270 g/mol. The fraction of sp³-hybridized carbons (Fsp3) is 0.529. The van der Waals surface area contributed by atoms with Gasteiger partial charge in [-0.1, -0.05) is 30.5 Å². The van der Waals surface area contributed by atoms with Crippen LogP contribution in [0.15, 0.2) is 29.4 Å². The van der Waals surface area contributed by atoms with E-state index >= 15 is 0 Å². The summed E-state index contributed by atoms with van der Waals surface area (Å²) in [7, 11) is 0. The Morgan fingerprint density at radius 1 is 1.15 bits per heavy atom. The molecular weight excluding hydrogens is 248 g/mol. The quantitative estimate of drug-likeness (QED) is 0.658. The van der Waals surface area contributed by atoms with E-state index in [9.17, 15) is 4.79 Å². The van der Waals surface area contributed by atoms with Gasteiger partial charge in [0.15, 0.2) is 0 Å². The maximum Gasteiger partial charge on any atom is 0.271 e. The molecule has 106 valence electrons. The summed E-state index contributed by atoms with van der Waals surface area (Å²) in [6, 6.07) is 7.64. The molecule has 0 saturated heterocycles. The third kappa shape index (κ3) is 2.77. The van der Waals surface area contributed by atoms with Crippen LogP contribution in [0.2, 0.25) is 0 Å².